The van der Waals surface area contributed by atoms with E-state index in [1.807, 2.05) is 23.3 Å². The van der Waals surface area contributed by atoms with E-state index >= 15 is 0 Å². The molecule has 0 aliphatic rings. The van der Waals surface area contributed by atoms with Crippen molar-refractivity contribution in [2.75, 3.05) is 13.2 Å². The number of ether oxygens (including phenoxy) is 1. The van der Waals surface area contributed by atoms with Gasteiger partial charge in [0.25, 0.3) is 0 Å². The van der Waals surface area contributed by atoms with Gasteiger partial charge >= 0.3 is 5.97 Å². The van der Waals surface area contributed by atoms with Crippen LogP contribution in [0.1, 0.15) is 13.3 Å². The normalized spacial score (nSPS) is 10.3. The van der Waals surface area contributed by atoms with Gasteiger partial charge in [-0.1, -0.05) is 0 Å². The van der Waals surface area contributed by atoms with Crippen LogP contribution in [-0.2, 0) is 22.6 Å². The van der Waals surface area contributed by atoms with Crippen LogP contribution < -0.4 is 10.3 Å². The van der Waals surface area contributed by atoms with Crippen molar-refractivity contribution >= 4 is 5.97 Å². The molecule has 0 fully saturated rings. The molecule has 84 valence electrons. The largest absolute Gasteiger partial charge is 0.463 e. The van der Waals surface area contributed by atoms with E-state index in [-0.39, 0.29) is 12.5 Å². The lowest BCUT2D eigenvalue weighted by atomic mass is 10.4. The Kier molecular flexibility index (Phi) is 4.83. The van der Waals surface area contributed by atoms with Crippen molar-refractivity contribution < 1.29 is 14.1 Å². The van der Waals surface area contributed by atoms with Crippen molar-refractivity contribution in [3.8, 4) is 0 Å². The molecule has 1 aromatic rings. The van der Waals surface area contributed by atoms with Gasteiger partial charge in [-0.15, -0.1) is 0 Å². The van der Waals surface area contributed by atoms with Gasteiger partial charge < -0.3 is 10.5 Å². The van der Waals surface area contributed by atoms with Crippen molar-refractivity contribution in [3.05, 3.63) is 18.7 Å². The Labute approximate surface area is 89.4 Å². The highest BCUT2D eigenvalue weighted by molar-refractivity contribution is 5.67. The first-order valence-electron chi connectivity index (χ1n) is 5.16. The molecule has 1 aromatic heterocycles. The summed E-state index contributed by atoms with van der Waals surface area (Å²) in [5.74, 6) is -0.209. The topological polar surface area (TPSA) is 61.1 Å². The summed E-state index contributed by atoms with van der Waals surface area (Å²) in [5, 5.41) is 0. The first-order chi connectivity index (χ1) is 7.26. The van der Waals surface area contributed by atoms with Crippen LogP contribution in [-0.4, -0.2) is 23.7 Å². The van der Waals surface area contributed by atoms with Gasteiger partial charge in [-0.25, -0.2) is 13.9 Å². The average molecular weight is 212 g/mol. The number of imidazole rings is 1. The zero-order valence-corrected chi connectivity index (χ0v) is 9.06. The monoisotopic (exact) mass is 212 g/mol. The summed E-state index contributed by atoms with van der Waals surface area (Å²) < 4.78 is 8.65. The minimum Gasteiger partial charge on any atom is -0.463 e. The summed E-state index contributed by atoms with van der Waals surface area (Å²) in [7, 11) is 0. The van der Waals surface area contributed by atoms with E-state index in [4.69, 9.17) is 10.5 Å². The Morgan fingerprint density at radius 2 is 2.40 bits per heavy atom. The van der Waals surface area contributed by atoms with Gasteiger partial charge in [0.15, 0.2) is 6.54 Å². The van der Waals surface area contributed by atoms with E-state index in [1.54, 1.807) is 11.5 Å². The fourth-order valence-corrected chi connectivity index (χ4v) is 1.29. The molecule has 0 radical (unpaired) electrons. The molecule has 0 saturated carbocycles. The number of nitrogens with zero attached hydrogens (tertiary/aromatic N) is 2. The molecule has 0 atom stereocenters. The van der Waals surface area contributed by atoms with Crippen molar-refractivity contribution in [1.29, 1.82) is 0 Å². The van der Waals surface area contributed by atoms with E-state index in [1.165, 1.54) is 0 Å². The van der Waals surface area contributed by atoms with Crippen LogP contribution in [0.5, 0.6) is 0 Å². The maximum Gasteiger partial charge on any atom is 0.348 e. The van der Waals surface area contributed by atoms with Crippen LogP contribution in [0.4, 0.5) is 0 Å². The van der Waals surface area contributed by atoms with Crippen molar-refractivity contribution in [2.24, 2.45) is 5.73 Å². The van der Waals surface area contributed by atoms with Gasteiger partial charge in [-0.3, -0.25) is 0 Å². The SMILES string of the molecule is CCOC(=O)C[n+]1ccn(CCCN)c1. The number of nitrogens with two attached hydrogens (primary N) is 1. The molecule has 0 bridgehead atoms. The molecule has 0 unspecified atom stereocenters. The van der Waals surface area contributed by atoms with Gasteiger partial charge in [-0.05, 0) is 19.9 Å². The summed E-state index contributed by atoms with van der Waals surface area (Å²) in [6.07, 6.45) is 6.60. The van der Waals surface area contributed by atoms with Crippen LogP contribution in [0.15, 0.2) is 18.7 Å². The van der Waals surface area contributed by atoms with E-state index in [9.17, 15) is 4.79 Å². The summed E-state index contributed by atoms with van der Waals surface area (Å²) in [6, 6.07) is 0. The Morgan fingerprint density at radius 1 is 1.60 bits per heavy atom. The van der Waals surface area contributed by atoms with Crippen LogP contribution in [0, 0.1) is 0 Å². The van der Waals surface area contributed by atoms with E-state index < -0.39 is 0 Å². The standard InChI is InChI=1S/C10H18N3O2/c1-2-15-10(14)8-13-7-6-12(9-13)5-3-4-11/h6-7,9H,2-5,8,11H2,1H3/q+1. The second-order valence-electron chi connectivity index (χ2n) is 3.27. The van der Waals surface area contributed by atoms with Crippen molar-refractivity contribution in [1.82, 2.24) is 4.57 Å². The molecule has 5 nitrogen and oxygen atoms in total. The Bertz CT molecular complexity index is 309. The molecule has 0 amide bonds. The zero-order valence-electron chi connectivity index (χ0n) is 9.06. The smallest absolute Gasteiger partial charge is 0.348 e. The Hall–Kier alpha value is -1.36. The number of rotatable bonds is 6. The average Bonchev–Trinajstić information content (AvgIpc) is 2.63. The van der Waals surface area contributed by atoms with Gasteiger partial charge in [-0.2, -0.15) is 0 Å². The van der Waals surface area contributed by atoms with E-state index in [0.717, 1.165) is 13.0 Å². The number of aromatic nitrogens is 2. The summed E-state index contributed by atoms with van der Waals surface area (Å²) >= 11 is 0. The van der Waals surface area contributed by atoms with Gasteiger partial charge in [0.05, 0.1) is 13.2 Å². The maximum absolute atomic E-state index is 11.2. The molecule has 0 spiro atoms. The van der Waals surface area contributed by atoms with Crippen LogP contribution >= 0.6 is 0 Å². The molecule has 1 rings (SSSR count). The minimum atomic E-state index is -0.209. The molecular formula is C10H18N3O2+. The quantitative estimate of drug-likeness (QED) is 0.519. The number of hydrogen-bond acceptors (Lipinski definition) is 3. The number of aryl methyl sites for hydroxylation is 1. The van der Waals surface area contributed by atoms with Crippen LogP contribution in [0.25, 0.3) is 0 Å². The summed E-state index contributed by atoms with van der Waals surface area (Å²) in [5.41, 5.74) is 5.41. The van der Waals surface area contributed by atoms with Gasteiger partial charge in [0, 0.05) is 0 Å². The molecule has 2 N–H and O–H groups in total. The van der Waals surface area contributed by atoms with Gasteiger partial charge in [0.2, 0.25) is 6.33 Å². The molecule has 1 heterocycles. The second kappa shape index (κ2) is 6.19. The fraction of sp³-hybridized carbons (Fsp3) is 0.600. The minimum absolute atomic E-state index is 0.209. The summed E-state index contributed by atoms with van der Waals surface area (Å²) in [6.45, 7) is 4.05. The number of hydrogen-bond donors (Lipinski definition) is 1. The van der Waals surface area contributed by atoms with Crippen LogP contribution in [0.3, 0.4) is 0 Å². The molecule has 0 aliphatic heterocycles. The van der Waals surface area contributed by atoms with Crippen molar-refractivity contribution in [2.45, 2.75) is 26.4 Å². The predicted molar refractivity (Wildman–Crippen MR) is 54.9 cm³/mol. The van der Waals surface area contributed by atoms with Crippen molar-refractivity contribution in [3.63, 3.8) is 0 Å². The lowest BCUT2D eigenvalue weighted by Crippen LogP contribution is -2.36. The first-order valence-corrected chi connectivity index (χ1v) is 5.16. The number of carbonyl (C=O) groups is 1. The number of esters is 1. The molecule has 15 heavy (non-hydrogen) atoms. The summed E-state index contributed by atoms with van der Waals surface area (Å²) in [4.78, 5) is 11.2. The van der Waals surface area contributed by atoms with E-state index in [0.29, 0.717) is 13.2 Å². The molecule has 0 saturated heterocycles. The van der Waals surface area contributed by atoms with Crippen LogP contribution in [0.2, 0.25) is 0 Å². The third-order valence-corrected chi connectivity index (χ3v) is 1.98. The third-order valence-electron chi connectivity index (χ3n) is 1.98. The lowest BCUT2D eigenvalue weighted by Gasteiger charge is -1.97. The Morgan fingerprint density at radius 3 is 3.07 bits per heavy atom. The Balaban J connectivity index is 2.42. The molecule has 0 aliphatic carbocycles. The zero-order chi connectivity index (χ0) is 11.1. The predicted octanol–water partition coefficient (Wildman–Crippen LogP) is -0.312. The fourth-order valence-electron chi connectivity index (χ4n) is 1.29. The third kappa shape index (κ3) is 4.12. The highest BCUT2D eigenvalue weighted by atomic mass is 16.5. The highest BCUT2D eigenvalue weighted by Gasteiger charge is 2.09. The first kappa shape index (κ1) is 11.7. The van der Waals surface area contributed by atoms with E-state index in [2.05, 4.69) is 0 Å². The lowest BCUT2D eigenvalue weighted by molar-refractivity contribution is -0.685. The molecular weight excluding hydrogens is 194 g/mol. The molecule has 0 aromatic carbocycles. The highest BCUT2D eigenvalue weighted by Crippen LogP contribution is 1.88. The number of carbonyl (C=O) groups excluding carboxylic acids is 1. The van der Waals surface area contributed by atoms with Gasteiger partial charge in [0.1, 0.15) is 12.4 Å². The maximum atomic E-state index is 11.2. The second-order valence-corrected chi connectivity index (χ2v) is 3.27. The molecule has 5 heteroatoms.